The van der Waals surface area contributed by atoms with E-state index >= 15 is 0 Å². The second kappa shape index (κ2) is 24.3. The fourth-order valence-electron chi connectivity index (χ4n) is 18.8. The van der Waals surface area contributed by atoms with Crippen LogP contribution in [0, 0.1) is 47.3 Å². The van der Waals surface area contributed by atoms with Crippen LogP contribution in [-0.2, 0) is 64.9 Å². The first-order valence-electron chi connectivity index (χ1n) is 34.0. The Hall–Kier alpha value is -6.82. The zero-order valence-corrected chi connectivity index (χ0v) is 52.6. The number of aromatic hydroxyl groups is 3. The van der Waals surface area contributed by atoms with E-state index < -0.39 is 12.2 Å². The van der Waals surface area contributed by atoms with E-state index in [1.165, 1.54) is 36.0 Å². The molecule has 2 fully saturated rings. The monoisotopic (exact) mass is 1210 g/mol. The van der Waals surface area contributed by atoms with Crippen molar-refractivity contribution in [3.05, 3.63) is 182 Å². The quantitative estimate of drug-likeness (QED) is 0.0354. The van der Waals surface area contributed by atoms with Gasteiger partial charge >= 0.3 is 0 Å². The number of aliphatic hydroxyl groups excluding tert-OH is 2. The largest absolute Gasteiger partial charge is 0.508 e. The number of hydrogen-bond donors (Lipinski definition) is 7. The highest BCUT2D eigenvalue weighted by Crippen LogP contribution is 2.65. The van der Waals surface area contributed by atoms with Crippen molar-refractivity contribution in [1.29, 1.82) is 0 Å². The summed E-state index contributed by atoms with van der Waals surface area (Å²) in [6, 6.07) is 27.0. The maximum absolute atomic E-state index is 13.0. The minimum Gasteiger partial charge on any atom is -0.508 e. The molecule has 6 aliphatic heterocycles. The second-order valence-electron chi connectivity index (χ2n) is 28.6. The molecule has 11 atom stereocenters. The average molecular weight is 1210 g/mol. The Balaban J connectivity index is 0.918. The minimum atomic E-state index is -0.725. The number of benzene rings is 5. The van der Waals surface area contributed by atoms with E-state index in [2.05, 4.69) is 108 Å². The van der Waals surface area contributed by atoms with Crippen molar-refractivity contribution in [3.8, 4) is 34.8 Å². The first-order chi connectivity index (χ1) is 43.9. The average Bonchev–Trinajstić information content (AvgIpc) is 0.769. The van der Waals surface area contributed by atoms with Crippen molar-refractivity contribution in [3.63, 3.8) is 0 Å². The van der Waals surface area contributed by atoms with Crippen LogP contribution in [0.4, 0.5) is 0 Å². The number of nitrogens with zero attached hydrogens (tertiary/aromatic N) is 1. The molecular formula is C78H89N3O9. The number of phenolic OH excluding ortho intramolecular Hbond substituents is 3. The van der Waals surface area contributed by atoms with Crippen molar-refractivity contribution >= 4 is 16.6 Å². The van der Waals surface area contributed by atoms with Gasteiger partial charge in [0.2, 0.25) is 0 Å². The predicted octanol–water partition coefficient (Wildman–Crippen LogP) is 13.2. The Kier molecular flexibility index (Phi) is 16.1. The van der Waals surface area contributed by atoms with Crippen molar-refractivity contribution < 1.29 is 44.5 Å². The highest BCUT2D eigenvalue weighted by Gasteiger charge is 2.63. The standard InChI is InChI=1S/C78H89N3O9/c1-46(2)29-56-33-55-36-63-58(42-82)37-67(86)75(72(56)63)88-43-59-35-61(78-60-23-20-51-10-8-11-52(74(51)78)22-26-70(78)77(89-44-60)27-5-4-6-28-77)34-57-40-81(41-64(57)59)76-73-53(38-71(80-76)79-45-87-3)19-16-47(15-18-50-21-25-68(73)90-69(50)39-66(55)85)13-14-48-17-24-65(84)54(30-48)31-49-9-7-12-62(83)32-49/h7-12,17,21,24-25,30,32,34-35,37-38,40-41,46-47,50,55-56,60,66,68-71,79-80,82-86H,4-6,13-15,18,20,22-23,26-29,31,33,36,39,42-45H2,1-3H3/t47-,50-,55-,56+,60-,66+,68+,69-,70+,71?,78+/m1/s1. The number of aryl methyl sites for hydroxylation is 3. The molecule has 7 heterocycles. The lowest BCUT2D eigenvalue weighted by Crippen LogP contribution is -2.64. The van der Waals surface area contributed by atoms with Crippen molar-refractivity contribution in [2.45, 2.75) is 184 Å². The number of aromatic nitrogens is 1. The van der Waals surface area contributed by atoms with E-state index in [-0.39, 0.29) is 83.3 Å². The minimum absolute atomic E-state index is 0.000260. The second-order valence-corrected chi connectivity index (χ2v) is 28.6. The van der Waals surface area contributed by atoms with Crippen LogP contribution < -0.4 is 15.4 Å². The number of dihydropyridines is 1. The summed E-state index contributed by atoms with van der Waals surface area (Å²) in [5.74, 6) is 10.2. The SMILES string of the molecule is COCNC1C=C2C#C[C@H](CCc3ccc(O)c(Cc4cccc(O)c4)c3)CC[C@@H]3C=C[C@@H]4O[C@@H]3C[C@H](O)[C@H]3Cc5c(CO)cc(O)c(c5[C@@H](CC(C)C)C3)OCc3cc([C@]56c7c8cccc7CC[C@H]5C5(CCCCC5)OC[C@H]6CC8)cc5cn(cc35)C(=C24)N1. The molecule has 11 aliphatic rings. The van der Waals surface area contributed by atoms with Gasteiger partial charge in [-0.15, -0.1) is 0 Å². The van der Waals surface area contributed by atoms with Crippen LogP contribution in [0.25, 0.3) is 16.6 Å². The van der Waals surface area contributed by atoms with Gasteiger partial charge in [-0.2, -0.15) is 0 Å². The predicted molar refractivity (Wildman–Crippen MR) is 350 cm³/mol. The first-order valence-corrected chi connectivity index (χ1v) is 34.0. The third-order valence-electron chi connectivity index (χ3n) is 22.8. The highest BCUT2D eigenvalue weighted by molar-refractivity contribution is 5.89. The van der Waals surface area contributed by atoms with Crippen LogP contribution in [0.2, 0.25) is 0 Å². The number of nitrogens with one attached hydrogen (secondary N) is 2. The van der Waals surface area contributed by atoms with Gasteiger partial charge in [0, 0.05) is 83.0 Å². The van der Waals surface area contributed by atoms with Gasteiger partial charge < -0.3 is 54.4 Å². The molecule has 17 rings (SSSR count). The number of ether oxygens (including phenoxy) is 4. The summed E-state index contributed by atoms with van der Waals surface area (Å²) in [7, 11) is 1.70. The lowest BCUT2D eigenvalue weighted by atomic mass is 9.45. The molecule has 0 radical (unpaired) electrons. The fraction of sp³-hybridized carbons (Fsp3) is 0.487. The number of rotatable bonds is 12. The van der Waals surface area contributed by atoms with Crippen LogP contribution in [0.3, 0.4) is 0 Å². The van der Waals surface area contributed by atoms with E-state index in [0.717, 1.165) is 138 Å². The molecule has 1 unspecified atom stereocenters. The molecule has 5 aromatic carbocycles. The smallest absolute Gasteiger partial charge is 0.165 e. The molecule has 1 saturated carbocycles. The number of hydrogen-bond acceptors (Lipinski definition) is 11. The Morgan fingerprint density at radius 1 is 0.856 bits per heavy atom. The molecule has 7 N–H and O–H groups in total. The zero-order chi connectivity index (χ0) is 61.4. The van der Waals surface area contributed by atoms with Crippen LogP contribution in [0.15, 0.2) is 121 Å². The van der Waals surface area contributed by atoms with Gasteiger partial charge in [-0.3, -0.25) is 5.32 Å². The van der Waals surface area contributed by atoms with Crippen molar-refractivity contribution in [1.82, 2.24) is 15.2 Å². The molecule has 0 amide bonds. The molecule has 10 bridgehead atoms. The van der Waals surface area contributed by atoms with Gasteiger partial charge in [-0.25, -0.2) is 0 Å². The molecular weight excluding hydrogens is 1120 g/mol. The molecule has 90 heavy (non-hydrogen) atoms. The maximum Gasteiger partial charge on any atom is 0.165 e. The third-order valence-corrected chi connectivity index (χ3v) is 22.8. The number of fused-ring (bicyclic) bond motifs is 7. The highest BCUT2D eigenvalue weighted by atomic mass is 16.5. The summed E-state index contributed by atoms with van der Waals surface area (Å²) in [5, 5.41) is 67.5. The van der Waals surface area contributed by atoms with Gasteiger partial charge in [0.25, 0.3) is 0 Å². The Morgan fingerprint density at radius 3 is 2.52 bits per heavy atom. The van der Waals surface area contributed by atoms with Gasteiger partial charge in [-0.05, 0) is 199 Å². The summed E-state index contributed by atoms with van der Waals surface area (Å²) in [6.45, 7) is 5.50. The number of methoxy groups -OCH3 is 1. The molecule has 1 aromatic heterocycles. The van der Waals surface area contributed by atoms with Crippen LogP contribution in [0.1, 0.15) is 164 Å². The lowest BCUT2D eigenvalue weighted by molar-refractivity contribution is -0.193. The molecule has 12 heteroatoms. The topological polar surface area (TPSA) is 167 Å². The summed E-state index contributed by atoms with van der Waals surface area (Å²) >= 11 is 0. The van der Waals surface area contributed by atoms with Gasteiger partial charge in [0.15, 0.2) is 11.5 Å². The molecule has 5 aliphatic carbocycles. The fourth-order valence-corrected chi connectivity index (χ4v) is 18.8. The lowest BCUT2D eigenvalue weighted by Gasteiger charge is -2.63. The number of aliphatic hydroxyl groups is 2. The van der Waals surface area contributed by atoms with E-state index in [9.17, 15) is 25.5 Å². The van der Waals surface area contributed by atoms with Crippen LogP contribution in [0.5, 0.6) is 23.0 Å². The van der Waals surface area contributed by atoms with E-state index in [0.29, 0.717) is 55.6 Å². The Morgan fingerprint density at radius 2 is 1.70 bits per heavy atom. The Labute approximate surface area is 530 Å². The van der Waals surface area contributed by atoms with Gasteiger partial charge in [-0.1, -0.05) is 106 Å². The summed E-state index contributed by atoms with van der Waals surface area (Å²) in [5.41, 5.74) is 13.7. The molecule has 6 aromatic rings. The summed E-state index contributed by atoms with van der Waals surface area (Å²) in [4.78, 5) is 0. The molecule has 1 spiro atoms. The van der Waals surface area contributed by atoms with Crippen LogP contribution >= 0.6 is 0 Å². The Bertz CT molecular complexity index is 3880. The van der Waals surface area contributed by atoms with Crippen molar-refractivity contribution in [2.24, 2.45) is 35.5 Å². The zero-order valence-electron chi connectivity index (χ0n) is 52.6. The van der Waals surface area contributed by atoms with Gasteiger partial charge in [0.05, 0.1) is 37.8 Å². The molecule has 470 valence electrons. The normalized spacial score (nSPS) is 28.8. The number of phenols is 3. The van der Waals surface area contributed by atoms with Crippen molar-refractivity contribution in [2.75, 3.05) is 20.4 Å². The maximum atomic E-state index is 13.0. The summed E-state index contributed by atoms with van der Waals surface area (Å²) in [6.07, 6.45) is 25.6. The van der Waals surface area contributed by atoms with Crippen LogP contribution in [-0.4, -0.2) is 80.6 Å². The van der Waals surface area contributed by atoms with E-state index in [4.69, 9.17) is 18.9 Å². The molecule has 12 nitrogen and oxygen atoms in total. The third kappa shape index (κ3) is 10.7. The first kappa shape index (κ1) is 59.5. The summed E-state index contributed by atoms with van der Waals surface area (Å²) < 4.78 is 30.3. The van der Waals surface area contributed by atoms with E-state index in [1.807, 2.05) is 18.2 Å². The van der Waals surface area contributed by atoms with E-state index in [1.54, 1.807) is 36.9 Å². The molecule has 1 saturated heterocycles. The van der Waals surface area contributed by atoms with Gasteiger partial charge in [0.1, 0.15) is 36.2 Å².